The minimum Gasteiger partial charge on any atom is -0.482 e. The van der Waals surface area contributed by atoms with Gasteiger partial charge in [-0.3, -0.25) is 4.79 Å². The van der Waals surface area contributed by atoms with Crippen LogP contribution in [0.5, 0.6) is 5.75 Å². The molecule has 0 spiro atoms. The summed E-state index contributed by atoms with van der Waals surface area (Å²) in [5.74, 6) is -3.39. The largest absolute Gasteiger partial charge is 0.482 e. The molecule has 0 fully saturated rings. The first kappa shape index (κ1) is 26.4. The number of carbonyl (C=O) groups excluding carboxylic acids is 2. The number of anilines is 1. The summed E-state index contributed by atoms with van der Waals surface area (Å²) in [6.45, 7) is 0.877. The number of carbonyl (C=O) groups is 2. The summed E-state index contributed by atoms with van der Waals surface area (Å²) in [5, 5.41) is 13.4. The Morgan fingerprint density at radius 3 is 2.51 bits per heavy atom. The Kier molecular flexibility index (Phi) is 6.91. The summed E-state index contributed by atoms with van der Waals surface area (Å²) in [6.07, 6.45) is -5.15. The predicted molar refractivity (Wildman–Crippen MR) is 127 cm³/mol. The Morgan fingerprint density at radius 2 is 1.86 bits per heavy atom. The van der Waals surface area contributed by atoms with Gasteiger partial charge in [-0.1, -0.05) is 36.7 Å². The molecule has 3 aromatic carbocycles. The Labute approximate surface area is 213 Å². The minimum atomic E-state index is -5.15. The Bertz CT molecular complexity index is 1390. The van der Waals surface area contributed by atoms with E-state index in [1.807, 2.05) is 0 Å². The van der Waals surface area contributed by atoms with Crippen molar-refractivity contribution in [2.75, 3.05) is 19.0 Å². The molecule has 2 unspecified atom stereocenters. The molecule has 3 aromatic rings. The SMILES string of the molecule is COC(=O)c1ccc(F)cc1-c1ccc(C(C)C(O)(c2ccc3c(c2)NC(=O)CO3)C(F)(F)F)c(Cl)c1. The summed E-state index contributed by atoms with van der Waals surface area (Å²) in [5.41, 5.74) is -3.59. The minimum absolute atomic E-state index is 0.00786. The number of nitrogens with one attached hydrogen (secondary N) is 1. The zero-order valence-electron chi connectivity index (χ0n) is 19.5. The van der Waals surface area contributed by atoms with Gasteiger partial charge in [-0.15, -0.1) is 0 Å². The highest BCUT2D eigenvalue weighted by Crippen LogP contribution is 2.51. The lowest BCUT2D eigenvalue weighted by atomic mass is 9.77. The van der Waals surface area contributed by atoms with Crippen molar-refractivity contribution in [3.63, 3.8) is 0 Å². The van der Waals surface area contributed by atoms with Crippen LogP contribution in [0.1, 0.15) is 34.3 Å². The molecule has 4 rings (SSSR count). The number of benzene rings is 3. The Morgan fingerprint density at radius 1 is 1.14 bits per heavy atom. The van der Waals surface area contributed by atoms with E-state index in [-0.39, 0.29) is 45.3 Å². The molecule has 194 valence electrons. The number of aliphatic hydroxyl groups is 1. The number of methoxy groups -OCH3 is 1. The highest BCUT2D eigenvalue weighted by molar-refractivity contribution is 6.31. The number of amides is 1. The molecule has 0 radical (unpaired) electrons. The van der Waals surface area contributed by atoms with Crippen molar-refractivity contribution in [1.82, 2.24) is 0 Å². The third-order valence-corrected chi connectivity index (χ3v) is 6.60. The summed E-state index contributed by atoms with van der Waals surface area (Å²) in [6, 6.07) is 10.6. The lowest BCUT2D eigenvalue weighted by molar-refractivity contribution is -0.274. The topological polar surface area (TPSA) is 84.9 Å². The first-order valence-electron chi connectivity index (χ1n) is 10.9. The number of hydrogen-bond donors (Lipinski definition) is 2. The molecule has 11 heteroatoms. The number of esters is 1. The number of halogens is 5. The van der Waals surface area contributed by atoms with E-state index in [2.05, 4.69) is 5.32 Å². The maximum Gasteiger partial charge on any atom is 0.422 e. The first-order valence-corrected chi connectivity index (χ1v) is 11.3. The molecule has 0 saturated heterocycles. The van der Waals surface area contributed by atoms with Gasteiger partial charge in [-0.2, -0.15) is 13.2 Å². The number of hydrogen-bond acceptors (Lipinski definition) is 5. The molecule has 0 bridgehead atoms. The van der Waals surface area contributed by atoms with E-state index in [4.69, 9.17) is 21.1 Å². The molecule has 1 heterocycles. The summed E-state index contributed by atoms with van der Waals surface area (Å²) >= 11 is 6.39. The number of ether oxygens (including phenoxy) is 2. The molecule has 0 aliphatic carbocycles. The zero-order chi connectivity index (χ0) is 27.1. The van der Waals surface area contributed by atoms with Crippen LogP contribution in [-0.4, -0.2) is 36.9 Å². The smallest absolute Gasteiger partial charge is 0.422 e. The van der Waals surface area contributed by atoms with Crippen molar-refractivity contribution in [2.24, 2.45) is 0 Å². The van der Waals surface area contributed by atoms with Crippen LogP contribution in [0.2, 0.25) is 5.02 Å². The molecule has 0 aromatic heterocycles. The monoisotopic (exact) mass is 537 g/mol. The van der Waals surface area contributed by atoms with Crippen LogP contribution >= 0.6 is 11.6 Å². The van der Waals surface area contributed by atoms with E-state index in [9.17, 15) is 32.3 Å². The lowest BCUT2D eigenvalue weighted by Gasteiger charge is -2.37. The average Bonchev–Trinajstić information content (AvgIpc) is 2.86. The Hall–Kier alpha value is -3.63. The van der Waals surface area contributed by atoms with Gasteiger partial charge in [0.15, 0.2) is 12.2 Å². The third kappa shape index (κ3) is 4.74. The van der Waals surface area contributed by atoms with Crippen LogP contribution < -0.4 is 10.1 Å². The second-order valence-corrected chi connectivity index (χ2v) is 8.86. The van der Waals surface area contributed by atoms with Gasteiger partial charge < -0.3 is 19.9 Å². The maximum absolute atomic E-state index is 14.4. The first-order chi connectivity index (χ1) is 17.4. The van der Waals surface area contributed by atoms with Crippen molar-refractivity contribution in [1.29, 1.82) is 0 Å². The highest BCUT2D eigenvalue weighted by atomic mass is 35.5. The van der Waals surface area contributed by atoms with E-state index in [0.29, 0.717) is 0 Å². The molecule has 1 amide bonds. The van der Waals surface area contributed by atoms with Gasteiger partial charge in [0, 0.05) is 10.9 Å². The van der Waals surface area contributed by atoms with Crippen LogP contribution in [-0.2, 0) is 15.1 Å². The van der Waals surface area contributed by atoms with Gasteiger partial charge >= 0.3 is 12.1 Å². The fourth-order valence-corrected chi connectivity index (χ4v) is 4.64. The second kappa shape index (κ2) is 9.68. The number of alkyl halides is 3. The van der Waals surface area contributed by atoms with E-state index in [1.54, 1.807) is 0 Å². The average molecular weight is 538 g/mol. The fraction of sp³-hybridized carbons (Fsp3) is 0.231. The molecular formula is C26H20ClF4NO5. The van der Waals surface area contributed by atoms with Crippen molar-refractivity contribution < 1.29 is 41.7 Å². The normalized spacial score (nSPS) is 15.6. The van der Waals surface area contributed by atoms with Gasteiger partial charge in [0.05, 0.1) is 18.4 Å². The molecular weight excluding hydrogens is 518 g/mol. The van der Waals surface area contributed by atoms with Crippen molar-refractivity contribution >= 4 is 29.2 Å². The van der Waals surface area contributed by atoms with Gasteiger partial charge in [-0.25, -0.2) is 9.18 Å². The predicted octanol–water partition coefficient (Wildman–Crippen LogP) is 5.82. The second-order valence-electron chi connectivity index (χ2n) is 8.45. The molecule has 1 aliphatic heterocycles. The van der Waals surface area contributed by atoms with E-state index >= 15 is 0 Å². The standard InChI is InChI=1S/C26H20ClF4NO5/c1-13(25(35,26(29,30)31)15-4-8-22-21(10-15)32-23(33)12-37-22)17-6-3-14(9-20(17)27)19-11-16(28)5-7-18(19)24(34)36-2/h3-11,13,35H,12H2,1-2H3,(H,32,33). The molecule has 0 saturated carbocycles. The van der Waals surface area contributed by atoms with Gasteiger partial charge in [0.1, 0.15) is 11.6 Å². The van der Waals surface area contributed by atoms with Gasteiger partial charge in [0.2, 0.25) is 0 Å². The Balaban J connectivity index is 1.79. The maximum atomic E-state index is 14.4. The van der Waals surface area contributed by atoms with E-state index in [1.165, 1.54) is 30.3 Å². The van der Waals surface area contributed by atoms with Crippen LogP contribution in [0.3, 0.4) is 0 Å². The molecule has 37 heavy (non-hydrogen) atoms. The van der Waals surface area contributed by atoms with Crippen molar-refractivity contribution in [2.45, 2.75) is 24.6 Å². The molecule has 2 N–H and O–H groups in total. The zero-order valence-corrected chi connectivity index (χ0v) is 20.2. The lowest BCUT2D eigenvalue weighted by Crippen LogP contribution is -2.46. The summed E-state index contributed by atoms with van der Waals surface area (Å²) < 4.78 is 67.2. The molecule has 1 aliphatic rings. The van der Waals surface area contributed by atoms with Crippen LogP contribution in [0.25, 0.3) is 11.1 Å². The molecule has 2 atom stereocenters. The molecule has 6 nitrogen and oxygen atoms in total. The van der Waals surface area contributed by atoms with Crippen LogP contribution in [0.4, 0.5) is 23.2 Å². The van der Waals surface area contributed by atoms with Crippen molar-refractivity contribution in [3.05, 3.63) is 82.1 Å². The third-order valence-electron chi connectivity index (χ3n) is 6.28. The number of rotatable bonds is 5. The van der Waals surface area contributed by atoms with E-state index in [0.717, 1.165) is 38.3 Å². The van der Waals surface area contributed by atoms with Crippen LogP contribution in [0, 0.1) is 5.82 Å². The number of fused-ring (bicyclic) bond motifs is 1. The highest BCUT2D eigenvalue weighted by Gasteiger charge is 2.59. The van der Waals surface area contributed by atoms with Crippen molar-refractivity contribution in [3.8, 4) is 16.9 Å². The van der Waals surface area contributed by atoms with E-state index < -0.39 is 41.0 Å². The van der Waals surface area contributed by atoms with Crippen LogP contribution in [0.15, 0.2) is 54.6 Å². The fourth-order valence-electron chi connectivity index (χ4n) is 4.29. The van der Waals surface area contributed by atoms with Gasteiger partial charge in [0.25, 0.3) is 5.91 Å². The summed E-state index contributed by atoms with van der Waals surface area (Å²) in [7, 11) is 1.16. The quantitative estimate of drug-likeness (QED) is 0.317. The van der Waals surface area contributed by atoms with Gasteiger partial charge in [-0.05, 0) is 58.7 Å². The summed E-state index contributed by atoms with van der Waals surface area (Å²) in [4.78, 5) is 23.8.